The molecule has 1 aliphatic heterocycles. The third-order valence-electron chi connectivity index (χ3n) is 4.21. The topological polar surface area (TPSA) is 101 Å². The number of hydrogen-bond donors (Lipinski definition) is 7. The molecule has 1 aliphatic rings. The summed E-state index contributed by atoms with van der Waals surface area (Å²) in [6.45, 7) is 8.15. The van der Waals surface area contributed by atoms with E-state index in [0.717, 1.165) is 78.0 Å². The van der Waals surface area contributed by atoms with Gasteiger partial charge in [0.15, 0.2) is 0 Å². The van der Waals surface area contributed by atoms with Crippen molar-refractivity contribution in [2.45, 2.75) is 37.8 Å². The standard InChI is InChI=1S/C16H37N5O2.2ClH.Mn/c22-13-1-3-15-16(4-2-14-23)21-12-10-19-8-6-17-5-7-18-9-11-20-15;;;/h15-23H,1-14H2;2*1H;/q;;;+2/p-2/t15-,16-;;;/m1.../s1. The molecule has 26 heavy (non-hydrogen) atoms. The van der Waals surface area contributed by atoms with Gasteiger partial charge in [-0.2, -0.15) is 0 Å². The number of aliphatic hydroxyl groups is 2. The van der Waals surface area contributed by atoms with E-state index in [1.165, 1.54) is 0 Å². The zero-order chi connectivity index (χ0) is 19.3. The fraction of sp³-hybridized carbons (Fsp3) is 1.00. The summed E-state index contributed by atoms with van der Waals surface area (Å²) in [7, 11) is 9.59. The Labute approximate surface area is 173 Å². The van der Waals surface area contributed by atoms with E-state index in [1.54, 1.807) is 0 Å². The van der Waals surface area contributed by atoms with Crippen molar-refractivity contribution in [3.8, 4) is 0 Å². The van der Waals surface area contributed by atoms with Gasteiger partial charge < -0.3 is 36.8 Å². The van der Waals surface area contributed by atoms with Gasteiger partial charge in [0.2, 0.25) is 0 Å². The fourth-order valence-electron chi connectivity index (χ4n) is 2.93. The van der Waals surface area contributed by atoms with E-state index in [2.05, 4.69) is 26.6 Å². The van der Waals surface area contributed by atoms with Crippen molar-refractivity contribution in [1.29, 1.82) is 0 Å². The second-order valence-electron chi connectivity index (χ2n) is 6.16. The molecule has 0 aromatic heterocycles. The van der Waals surface area contributed by atoms with Crippen LogP contribution >= 0.6 is 20.2 Å². The van der Waals surface area contributed by atoms with E-state index in [4.69, 9.17) is 30.4 Å². The summed E-state index contributed by atoms with van der Waals surface area (Å²) in [5.41, 5.74) is 0. The number of hydrogen-bond acceptors (Lipinski definition) is 7. The Morgan fingerprint density at radius 2 is 0.962 bits per heavy atom. The molecule has 0 aromatic carbocycles. The summed E-state index contributed by atoms with van der Waals surface area (Å²) < 4.78 is 0. The molecule has 0 bridgehead atoms. The predicted octanol–water partition coefficient (Wildman–Crippen LogP) is -0.393. The molecule has 1 heterocycles. The Balaban J connectivity index is 0.00000194. The monoisotopic (exact) mass is 456 g/mol. The van der Waals surface area contributed by atoms with Crippen LogP contribution in [0.2, 0.25) is 0 Å². The van der Waals surface area contributed by atoms with Gasteiger partial charge >= 0.3 is 33.3 Å². The van der Waals surface area contributed by atoms with Crippen LogP contribution in [0.4, 0.5) is 0 Å². The maximum atomic E-state index is 9.15. The molecule has 2 atom stereocenters. The zero-order valence-electron chi connectivity index (χ0n) is 15.6. The first kappa shape index (κ1) is 26.8. The quantitative estimate of drug-likeness (QED) is 0.273. The van der Waals surface area contributed by atoms with Crippen molar-refractivity contribution < 1.29 is 23.3 Å². The van der Waals surface area contributed by atoms with Crippen LogP contribution in [-0.2, 0) is 13.1 Å². The van der Waals surface area contributed by atoms with Gasteiger partial charge in [0, 0.05) is 77.7 Å². The van der Waals surface area contributed by atoms with Crippen molar-refractivity contribution in [2.75, 3.05) is 65.6 Å². The first-order valence-electron chi connectivity index (χ1n) is 9.47. The van der Waals surface area contributed by atoms with Crippen LogP contribution < -0.4 is 26.6 Å². The molecule has 0 aliphatic carbocycles. The first-order chi connectivity index (χ1) is 12.8. The van der Waals surface area contributed by atoms with Crippen LogP contribution in [-0.4, -0.2) is 87.9 Å². The molecule has 0 radical (unpaired) electrons. The molecule has 0 saturated carbocycles. The van der Waals surface area contributed by atoms with Gasteiger partial charge in [0.05, 0.1) is 0 Å². The number of aliphatic hydroxyl groups excluding tert-OH is 2. The third-order valence-corrected chi connectivity index (χ3v) is 4.21. The normalized spacial score (nSPS) is 24.0. The van der Waals surface area contributed by atoms with Crippen LogP contribution in [0.1, 0.15) is 25.7 Å². The van der Waals surface area contributed by atoms with E-state index < -0.39 is 0 Å². The number of rotatable bonds is 6. The van der Waals surface area contributed by atoms with Crippen molar-refractivity contribution in [1.82, 2.24) is 26.6 Å². The minimum absolute atomic E-state index is 0.00694. The second-order valence-corrected chi connectivity index (χ2v) is 8.11. The van der Waals surface area contributed by atoms with Crippen molar-refractivity contribution in [3.63, 3.8) is 0 Å². The average molecular weight is 457 g/mol. The predicted molar refractivity (Wildman–Crippen MR) is 107 cm³/mol. The molecule has 0 amide bonds. The van der Waals surface area contributed by atoms with Crippen molar-refractivity contribution in [2.24, 2.45) is 0 Å². The van der Waals surface area contributed by atoms with Crippen LogP contribution in [0.15, 0.2) is 0 Å². The van der Waals surface area contributed by atoms with E-state index in [-0.39, 0.29) is 26.3 Å². The molecule has 0 aromatic rings. The molecule has 0 unspecified atom stereocenters. The molecule has 7 N–H and O–H groups in total. The van der Waals surface area contributed by atoms with E-state index in [1.807, 2.05) is 0 Å². The summed E-state index contributed by atoms with van der Waals surface area (Å²) in [6, 6.07) is 0.664. The van der Waals surface area contributed by atoms with Gasteiger partial charge in [-0.3, -0.25) is 0 Å². The Hall–Kier alpha value is 0.819. The number of nitrogens with one attached hydrogen (secondary N) is 5. The van der Waals surface area contributed by atoms with Crippen molar-refractivity contribution >= 4 is 20.2 Å². The summed E-state index contributed by atoms with van der Waals surface area (Å²) in [4.78, 5) is 0. The molecule has 1 fully saturated rings. The zero-order valence-corrected chi connectivity index (χ0v) is 18.3. The molecular weight excluding hydrogens is 420 g/mol. The molecule has 7 nitrogen and oxygen atoms in total. The Morgan fingerprint density at radius 1 is 0.654 bits per heavy atom. The van der Waals surface area contributed by atoms with Crippen LogP contribution in [0.25, 0.3) is 0 Å². The molecular formula is C16H37Cl2MnN5O2. The average Bonchev–Trinajstić information content (AvgIpc) is 2.65. The summed E-state index contributed by atoms with van der Waals surface area (Å²) in [5, 5.41) is 35.8. The second kappa shape index (κ2) is 22.1. The minimum atomic E-state index is 0.00694. The number of halogens is 2. The van der Waals surface area contributed by atoms with E-state index >= 15 is 0 Å². The molecule has 10 heteroatoms. The van der Waals surface area contributed by atoms with Gasteiger partial charge in [0.1, 0.15) is 0 Å². The molecule has 1 saturated heterocycles. The van der Waals surface area contributed by atoms with Gasteiger partial charge in [-0.15, -0.1) is 0 Å². The summed E-state index contributed by atoms with van der Waals surface area (Å²) in [6.07, 6.45) is 3.53. The fourth-order valence-corrected chi connectivity index (χ4v) is 2.93. The SMILES string of the molecule is OCCC[C@H]1NCCNCCNCCNCCN[C@@H]1CCCO.[Cl][Mn][Cl]. The van der Waals surface area contributed by atoms with Crippen LogP contribution in [0.3, 0.4) is 0 Å². The van der Waals surface area contributed by atoms with E-state index in [0.29, 0.717) is 12.1 Å². The van der Waals surface area contributed by atoms with E-state index in [9.17, 15) is 0 Å². The van der Waals surface area contributed by atoms with Gasteiger partial charge in [-0.25, -0.2) is 0 Å². The van der Waals surface area contributed by atoms with Crippen molar-refractivity contribution in [3.05, 3.63) is 0 Å². The van der Waals surface area contributed by atoms with Crippen LogP contribution in [0.5, 0.6) is 0 Å². The van der Waals surface area contributed by atoms with Gasteiger partial charge in [0.25, 0.3) is 0 Å². The molecule has 0 spiro atoms. The summed E-state index contributed by atoms with van der Waals surface area (Å²) >= 11 is 0.00694. The van der Waals surface area contributed by atoms with Gasteiger partial charge in [-0.1, -0.05) is 0 Å². The Morgan fingerprint density at radius 3 is 1.27 bits per heavy atom. The Kier molecular flexibility index (Phi) is 22.8. The van der Waals surface area contributed by atoms with Gasteiger partial charge in [-0.05, 0) is 25.7 Å². The Bertz CT molecular complexity index is 263. The first-order valence-corrected chi connectivity index (χ1v) is 12.7. The summed E-state index contributed by atoms with van der Waals surface area (Å²) in [5.74, 6) is 0. The maximum absolute atomic E-state index is 9.15. The molecule has 159 valence electrons. The third kappa shape index (κ3) is 17.0. The van der Waals surface area contributed by atoms with Crippen LogP contribution in [0, 0.1) is 0 Å². The molecule has 1 rings (SSSR count).